The maximum absolute atomic E-state index is 11.2. The summed E-state index contributed by atoms with van der Waals surface area (Å²) in [5, 5.41) is 4.04. The smallest absolute Gasteiger partial charge is 0.261 e. The van der Waals surface area contributed by atoms with Gasteiger partial charge in [0, 0.05) is 17.2 Å². The van der Waals surface area contributed by atoms with Gasteiger partial charge in [0.25, 0.3) is 9.05 Å². The number of rotatable bonds is 5. The SMILES string of the molecule is CCn1ncnc1COc1ccc(S(=O)(=O)Cl)cc1C. The van der Waals surface area contributed by atoms with E-state index < -0.39 is 9.05 Å². The maximum atomic E-state index is 11.2. The highest BCUT2D eigenvalue weighted by atomic mass is 35.7. The molecule has 0 radical (unpaired) electrons. The molecule has 0 unspecified atom stereocenters. The molecule has 8 heteroatoms. The molecule has 2 aromatic rings. The van der Waals surface area contributed by atoms with Gasteiger partial charge in [-0.05, 0) is 37.6 Å². The molecule has 0 bridgehead atoms. The lowest BCUT2D eigenvalue weighted by Gasteiger charge is -2.10. The zero-order chi connectivity index (χ0) is 14.8. The average Bonchev–Trinajstić information content (AvgIpc) is 2.83. The van der Waals surface area contributed by atoms with Crippen molar-refractivity contribution < 1.29 is 13.2 Å². The zero-order valence-electron chi connectivity index (χ0n) is 11.1. The van der Waals surface area contributed by atoms with Gasteiger partial charge in [-0.2, -0.15) is 5.10 Å². The van der Waals surface area contributed by atoms with Crippen molar-refractivity contribution in [3.63, 3.8) is 0 Å². The van der Waals surface area contributed by atoms with Crippen molar-refractivity contribution in [3.8, 4) is 5.75 Å². The van der Waals surface area contributed by atoms with Crippen LogP contribution < -0.4 is 4.74 Å². The number of halogens is 1. The van der Waals surface area contributed by atoms with E-state index in [1.165, 1.54) is 18.5 Å². The zero-order valence-corrected chi connectivity index (χ0v) is 12.6. The van der Waals surface area contributed by atoms with Gasteiger partial charge < -0.3 is 4.74 Å². The van der Waals surface area contributed by atoms with Crippen LogP contribution in [-0.2, 0) is 22.2 Å². The van der Waals surface area contributed by atoms with Gasteiger partial charge >= 0.3 is 0 Å². The van der Waals surface area contributed by atoms with E-state index in [0.29, 0.717) is 23.7 Å². The highest BCUT2D eigenvalue weighted by Crippen LogP contribution is 2.24. The number of ether oxygens (including phenoxy) is 1. The third-order valence-corrected chi connectivity index (χ3v) is 4.13. The first kappa shape index (κ1) is 14.8. The molecule has 0 saturated heterocycles. The molecule has 0 aliphatic carbocycles. The number of hydrogen-bond donors (Lipinski definition) is 0. The summed E-state index contributed by atoms with van der Waals surface area (Å²) in [4.78, 5) is 4.15. The summed E-state index contributed by atoms with van der Waals surface area (Å²) in [7, 11) is 1.57. The lowest BCUT2D eigenvalue weighted by Crippen LogP contribution is -2.07. The lowest BCUT2D eigenvalue weighted by molar-refractivity contribution is 0.285. The van der Waals surface area contributed by atoms with Gasteiger partial charge in [0.2, 0.25) is 0 Å². The van der Waals surface area contributed by atoms with E-state index >= 15 is 0 Å². The summed E-state index contributed by atoms with van der Waals surface area (Å²) in [6.45, 7) is 4.69. The molecule has 0 aliphatic rings. The maximum Gasteiger partial charge on any atom is 0.261 e. The molecule has 0 saturated carbocycles. The van der Waals surface area contributed by atoms with E-state index in [9.17, 15) is 8.42 Å². The van der Waals surface area contributed by atoms with Gasteiger partial charge in [0.1, 0.15) is 18.7 Å². The van der Waals surface area contributed by atoms with Crippen LogP contribution in [-0.4, -0.2) is 23.2 Å². The molecule has 0 aliphatic heterocycles. The van der Waals surface area contributed by atoms with Gasteiger partial charge in [-0.1, -0.05) is 0 Å². The Morgan fingerprint density at radius 2 is 2.15 bits per heavy atom. The molecule has 0 spiro atoms. The fourth-order valence-electron chi connectivity index (χ4n) is 1.74. The van der Waals surface area contributed by atoms with Crippen molar-refractivity contribution in [1.82, 2.24) is 14.8 Å². The third kappa shape index (κ3) is 3.29. The molecule has 0 amide bonds. The summed E-state index contributed by atoms with van der Waals surface area (Å²) in [5.74, 6) is 1.29. The lowest BCUT2D eigenvalue weighted by atomic mass is 10.2. The first-order chi connectivity index (χ1) is 9.41. The second kappa shape index (κ2) is 5.80. The Hall–Kier alpha value is -1.60. The molecule has 0 fully saturated rings. The van der Waals surface area contributed by atoms with Crippen molar-refractivity contribution in [1.29, 1.82) is 0 Å². The van der Waals surface area contributed by atoms with Crippen LogP contribution in [0.3, 0.4) is 0 Å². The number of nitrogens with zero attached hydrogens (tertiary/aromatic N) is 3. The van der Waals surface area contributed by atoms with Crippen LogP contribution in [0.1, 0.15) is 18.3 Å². The van der Waals surface area contributed by atoms with Crippen LogP contribution in [0, 0.1) is 6.92 Å². The van der Waals surface area contributed by atoms with Crippen LogP contribution in [0.15, 0.2) is 29.4 Å². The Morgan fingerprint density at radius 1 is 1.40 bits per heavy atom. The van der Waals surface area contributed by atoms with E-state index in [0.717, 1.165) is 0 Å². The molecule has 1 aromatic carbocycles. The first-order valence-electron chi connectivity index (χ1n) is 5.96. The average molecular weight is 316 g/mol. The van der Waals surface area contributed by atoms with Crippen molar-refractivity contribution in [3.05, 3.63) is 35.9 Å². The molecule has 20 heavy (non-hydrogen) atoms. The molecular weight excluding hydrogens is 302 g/mol. The van der Waals surface area contributed by atoms with Crippen molar-refractivity contribution in [2.45, 2.75) is 31.9 Å². The van der Waals surface area contributed by atoms with Crippen LogP contribution in [0.2, 0.25) is 0 Å². The van der Waals surface area contributed by atoms with Crippen LogP contribution in [0.4, 0.5) is 0 Å². The molecule has 2 rings (SSSR count). The minimum absolute atomic E-state index is 0.0562. The number of hydrogen-bond acceptors (Lipinski definition) is 5. The Kier molecular flexibility index (Phi) is 4.29. The Bertz CT molecular complexity index is 712. The Morgan fingerprint density at radius 3 is 2.75 bits per heavy atom. The number of benzene rings is 1. The van der Waals surface area contributed by atoms with Crippen molar-refractivity contribution in [2.24, 2.45) is 0 Å². The molecule has 108 valence electrons. The van der Waals surface area contributed by atoms with Gasteiger partial charge in [-0.25, -0.2) is 18.1 Å². The normalized spacial score (nSPS) is 11.6. The second-order valence-electron chi connectivity index (χ2n) is 4.15. The standard InChI is InChI=1S/C12H14ClN3O3S/c1-3-16-12(14-8-15-16)7-19-11-5-4-10(6-9(11)2)20(13,17)18/h4-6,8H,3,7H2,1-2H3. The van der Waals surface area contributed by atoms with E-state index in [-0.39, 0.29) is 11.5 Å². The van der Waals surface area contributed by atoms with Crippen molar-refractivity contribution in [2.75, 3.05) is 0 Å². The molecule has 1 heterocycles. The fourth-order valence-corrected chi connectivity index (χ4v) is 2.58. The number of aromatic nitrogens is 3. The van der Waals surface area contributed by atoms with Gasteiger partial charge in [0.15, 0.2) is 5.82 Å². The van der Waals surface area contributed by atoms with Gasteiger partial charge in [0.05, 0.1) is 4.90 Å². The summed E-state index contributed by atoms with van der Waals surface area (Å²) in [5.41, 5.74) is 0.689. The second-order valence-corrected chi connectivity index (χ2v) is 6.71. The molecule has 0 N–H and O–H groups in total. The van der Waals surface area contributed by atoms with E-state index in [2.05, 4.69) is 10.1 Å². The Balaban J connectivity index is 2.15. The van der Waals surface area contributed by atoms with Crippen molar-refractivity contribution >= 4 is 19.7 Å². The highest BCUT2D eigenvalue weighted by molar-refractivity contribution is 8.13. The minimum atomic E-state index is -3.72. The van der Waals surface area contributed by atoms with Crippen LogP contribution >= 0.6 is 10.7 Å². The highest BCUT2D eigenvalue weighted by Gasteiger charge is 2.12. The van der Waals surface area contributed by atoms with Crippen LogP contribution in [0.25, 0.3) is 0 Å². The summed E-state index contributed by atoms with van der Waals surface area (Å²) < 4.78 is 29.8. The van der Waals surface area contributed by atoms with E-state index in [1.807, 2.05) is 6.92 Å². The molecule has 6 nitrogen and oxygen atoms in total. The molecule has 1 aromatic heterocycles. The summed E-state index contributed by atoms with van der Waals surface area (Å²) in [6.07, 6.45) is 1.47. The van der Waals surface area contributed by atoms with E-state index in [1.54, 1.807) is 17.7 Å². The molecular formula is C12H14ClN3O3S. The summed E-state index contributed by atoms with van der Waals surface area (Å²) in [6, 6.07) is 4.47. The Labute approximate surface area is 121 Å². The largest absolute Gasteiger partial charge is 0.485 e. The predicted molar refractivity (Wildman–Crippen MR) is 74.2 cm³/mol. The third-order valence-electron chi connectivity index (χ3n) is 2.78. The van der Waals surface area contributed by atoms with E-state index in [4.69, 9.17) is 15.4 Å². The molecule has 0 atom stereocenters. The number of aryl methyl sites for hydroxylation is 2. The monoisotopic (exact) mass is 315 g/mol. The predicted octanol–water partition coefficient (Wildman–Crippen LogP) is 2.11. The van der Waals surface area contributed by atoms with Crippen LogP contribution in [0.5, 0.6) is 5.75 Å². The minimum Gasteiger partial charge on any atom is -0.485 e. The van der Waals surface area contributed by atoms with Gasteiger partial charge in [-0.15, -0.1) is 0 Å². The fraction of sp³-hybridized carbons (Fsp3) is 0.333. The first-order valence-corrected chi connectivity index (χ1v) is 8.27. The topological polar surface area (TPSA) is 74.1 Å². The van der Waals surface area contributed by atoms with Gasteiger partial charge in [-0.3, -0.25) is 0 Å². The quantitative estimate of drug-likeness (QED) is 0.790. The summed E-state index contributed by atoms with van der Waals surface area (Å²) >= 11 is 0.